The van der Waals surface area contributed by atoms with Gasteiger partial charge in [0.1, 0.15) is 6.61 Å². The first-order valence-electron chi connectivity index (χ1n) is 6.06. The van der Waals surface area contributed by atoms with Crippen LogP contribution >= 0.6 is 23.2 Å². The summed E-state index contributed by atoms with van der Waals surface area (Å²) in [5, 5.41) is 12.1. The highest BCUT2D eigenvalue weighted by Gasteiger charge is 2.08. The van der Waals surface area contributed by atoms with Crippen LogP contribution in [0, 0.1) is 11.8 Å². The molecule has 0 saturated carbocycles. The van der Waals surface area contributed by atoms with Crippen LogP contribution in [0.25, 0.3) is 0 Å². The molecule has 0 aromatic heterocycles. The molecule has 3 nitrogen and oxygen atoms in total. The van der Waals surface area contributed by atoms with Gasteiger partial charge in [0.05, 0.1) is 10.0 Å². The molecule has 0 aliphatic carbocycles. The second-order valence-electron chi connectivity index (χ2n) is 4.12. The van der Waals surface area contributed by atoms with Crippen LogP contribution in [0.2, 0.25) is 10.0 Å². The van der Waals surface area contributed by atoms with Crippen molar-refractivity contribution in [2.24, 2.45) is 0 Å². The van der Waals surface area contributed by atoms with Gasteiger partial charge < -0.3 is 10.4 Å². The third kappa shape index (κ3) is 4.24. The first-order valence-corrected chi connectivity index (χ1v) is 6.82. The summed E-state index contributed by atoms with van der Waals surface area (Å²) in [6.45, 7) is -0.185. The van der Waals surface area contributed by atoms with E-state index in [2.05, 4.69) is 17.2 Å². The Hall–Kier alpha value is -1.99. The number of aliphatic hydroxyl groups excluding tert-OH is 1. The highest BCUT2D eigenvalue weighted by Crippen LogP contribution is 2.23. The monoisotopic (exact) mass is 319 g/mol. The SMILES string of the molecule is O=C(Nc1ccc(C#CCO)cc1)c1ccc(Cl)c(Cl)c1. The predicted molar refractivity (Wildman–Crippen MR) is 84.8 cm³/mol. The molecule has 0 bridgehead atoms. The van der Waals surface area contributed by atoms with Crippen LogP contribution in [0.15, 0.2) is 42.5 Å². The zero-order valence-electron chi connectivity index (χ0n) is 10.9. The number of carbonyl (C=O) groups excluding carboxylic acids is 1. The van der Waals surface area contributed by atoms with Gasteiger partial charge >= 0.3 is 0 Å². The Bertz CT molecular complexity index is 715. The average molecular weight is 320 g/mol. The van der Waals surface area contributed by atoms with Crippen LogP contribution in [-0.4, -0.2) is 17.6 Å². The summed E-state index contributed by atoms with van der Waals surface area (Å²) < 4.78 is 0. The van der Waals surface area contributed by atoms with E-state index >= 15 is 0 Å². The molecule has 0 aliphatic rings. The second kappa shape index (κ2) is 7.14. The fraction of sp³-hybridized carbons (Fsp3) is 0.0625. The van der Waals surface area contributed by atoms with Crippen molar-refractivity contribution in [2.75, 3.05) is 11.9 Å². The van der Waals surface area contributed by atoms with E-state index < -0.39 is 0 Å². The minimum absolute atomic E-state index is 0.185. The number of halogens is 2. The van der Waals surface area contributed by atoms with Crippen LogP contribution in [0.3, 0.4) is 0 Å². The van der Waals surface area contributed by atoms with E-state index in [1.165, 1.54) is 6.07 Å². The fourth-order valence-electron chi connectivity index (χ4n) is 1.62. The van der Waals surface area contributed by atoms with E-state index in [-0.39, 0.29) is 12.5 Å². The molecule has 2 rings (SSSR count). The van der Waals surface area contributed by atoms with E-state index in [4.69, 9.17) is 28.3 Å². The van der Waals surface area contributed by atoms with Gasteiger partial charge in [0.2, 0.25) is 0 Å². The van der Waals surface area contributed by atoms with Crippen molar-refractivity contribution in [1.29, 1.82) is 0 Å². The van der Waals surface area contributed by atoms with Crippen LogP contribution in [0.1, 0.15) is 15.9 Å². The number of carbonyl (C=O) groups is 1. The molecule has 2 N–H and O–H groups in total. The fourth-order valence-corrected chi connectivity index (χ4v) is 1.92. The van der Waals surface area contributed by atoms with Crippen molar-refractivity contribution < 1.29 is 9.90 Å². The summed E-state index contributed by atoms with van der Waals surface area (Å²) in [6, 6.07) is 11.7. The molecular weight excluding hydrogens is 309 g/mol. The summed E-state index contributed by atoms with van der Waals surface area (Å²) in [4.78, 5) is 12.1. The minimum Gasteiger partial charge on any atom is -0.384 e. The van der Waals surface area contributed by atoms with Crippen molar-refractivity contribution in [3.63, 3.8) is 0 Å². The first kappa shape index (κ1) is 15.4. The van der Waals surface area contributed by atoms with E-state index in [9.17, 15) is 4.79 Å². The van der Waals surface area contributed by atoms with Crippen LogP contribution in [-0.2, 0) is 0 Å². The Labute approximate surface area is 132 Å². The molecule has 2 aromatic rings. The number of amides is 1. The number of hydrogen-bond donors (Lipinski definition) is 2. The number of hydrogen-bond acceptors (Lipinski definition) is 2. The van der Waals surface area contributed by atoms with Gasteiger partial charge in [-0.2, -0.15) is 0 Å². The van der Waals surface area contributed by atoms with Gasteiger partial charge in [-0.05, 0) is 42.5 Å². The lowest BCUT2D eigenvalue weighted by molar-refractivity contribution is 0.102. The molecule has 5 heteroatoms. The zero-order valence-corrected chi connectivity index (χ0v) is 12.4. The van der Waals surface area contributed by atoms with E-state index in [1.807, 2.05) is 0 Å². The molecule has 0 aliphatic heterocycles. The minimum atomic E-state index is -0.275. The summed E-state index contributed by atoms with van der Waals surface area (Å²) in [5.41, 5.74) is 1.82. The lowest BCUT2D eigenvalue weighted by Crippen LogP contribution is -2.11. The Morgan fingerprint density at radius 3 is 2.43 bits per heavy atom. The molecule has 0 heterocycles. The number of anilines is 1. The molecule has 0 saturated heterocycles. The summed E-state index contributed by atoms with van der Waals surface area (Å²) >= 11 is 11.7. The topological polar surface area (TPSA) is 49.3 Å². The maximum absolute atomic E-state index is 12.1. The van der Waals surface area contributed by atoms with Gasteiger partial charge in [-0.3, -0.25) is 4.79 Å². The van der Waals surface area contributed by atoms with Gasteiger partial charge in [-0.1, -0.05) is 35.0 Å². The molecule has 0 unspecified atom stereocenters. The number of aliphatic hydroxyl groups is 1. The molecule has 0 radical (unpaired) electrons. The maximum atomic E-state index is 12.1. The van der Waals surface area contributed by atoms with Gasteiger partial charge in [-0.25, -0.2) is 0 Å². The number of benzene rings is 2. The smallest absolute Gasteiger partial charge is 0.255 e. The Morgan fingerprint density at radius 1 is 1.10 bits per heavy atom. The van der Waals surface area contributed by atoms with Crippen LogP contribution in [0.5, 0.6) is 0 Å². The Kier molecular flexibility index (Phi) is 5.24. The molecule has 0 atom stereocenters. The van der Waals surface area contributed by atoms with Gasteiger partial charge in [0.25, 0.3) is 5.91 Å². The van der Waals surface area contributed by atoms with E-state index in [0.717, 1.165) is 5.56 Å². The third-order valence-electron chi connectivity index (χ3n) is 2.64. The molecule has 2 aromatic carbocycles. The van der Waals surface area contributed by atoms with Crippen LogP contribution < -0.4 is 5.32 Å². The van der Waals surface area contributed by atoms with Crippen molar-refractivity contribution in [3.8, 4) is 11.8 Å². The van der Waals surface area contributed by atoms with Crippen molar-refractivity contribution in [3.05, 3.63) is 63.6 Å². The highest BCUT2D eigenvalue weighted by molar-refractivity contribution is 6.42. The second-order valence-corrected chi connectivity index (χ2v) is 4.93. The Balaban J connectivity index is 2.10. The van der Waals surface area contributed by atoms with Gasteiger partial charge in [0.15, 0.2) is 0 Å². The maximum Gasteiger partial charge on any atom is 0.255 e. The molecule has 21 heavy (non-hydrogen) atoms. The lowest BCUT2D eigenvalue weighted by Gasteiger charge is -2.06. The highest BCUT2D eigenvalue weighted by atomic mass is 35.5. The quantitative estimate of drug-likeness (QED) is 0.831. The molecular formula is C16H11Cl2NO2. The van der Waals surface area contributed by atoms with Crippen molar-refractivity contribution in [1.82, 2.24) is 0 Å². The van der Waals surface area contributed by atoms with Gasteiger partial charge in [0, 0.05) is 16.8 Å². The lowest BCUT2D eigenvalue weighted by atomic mass is 10.2. The standard InChI is InChI=1S/C16H11Cl2NO2/c17-14-8-5-12(10-15(14)18)16(21)19-13-6-3-11(4-7-13)2-1-9-20/h3-8,10,20H,9H2,(H,19,21). The summed E-state index contributed by atoms with van der Waals surface area (Å²) in [5.74, 6) is 5.05. The first-order chi connectivity index (χ1) is 10.1. The molecule has 0 spiro atoms. The number of rotatable bonds is 2. The van der Waals surface area contributed by atoms with Crippen LogP contribution in [0.4, 0.5) is 5.69 Å². The van der Waals surface area contributed by atoms with E-state index in [0.29, 0.717) is 21.3 Å². The largest absolute Gasteiger partial charge is 0.384 e. The number of nitrogens with one attached hydrogen (secondary N) is 1. The summed E-state index contributed by atoms with van der Waals surface area (Å²) in [6.07, 6.45) is 0. The third-order valence-corrected chi connectivity index (χ3v) is 3.38. The van der Waals surface area contributed by atoms with Gasteiger partial charge in [-0.15, -0.1) is 0 Å². The normalized spacial score (nSPS) is 9.67. The van der Waals surface area contributed by atoms with Crippen molar-refractivity contribution >= 4 is 34.8 Å². The van der Waals surface area contributed by atoms with E-state index in [1.54, 1.807) is 36.4 Å². The molecule has 0 fully saturated rings. The average Bonchev–Trinajstić information content (AvgIpc) is 2.49. The predicted octanol–water partition coefficient (Wildman–Crippen LogP) is 3.59. The van der Waals surface area contributed by atoms with Crippen molar-refractivity contribution in [2.45, 2.75) is 0 Å². The molecule has 106 valence electrons. The summed E-state index contributed by atoms with van der Waals surface area (Å²) in [7, 11) is 0. The Morgan fingerprint density at radius 2 is 1.81 bits per heavy atom. The molecule has 1 amide bonds. The zero-order chi connectivity index (χ0) is 15.2.